The first-order valence-electron chi connectivity index (χ1n) is 5.09. The van der Waals surface area contributed by atoms with Crippen LogP contribution in [-0.4, -0.2) is 11.9 Å². The van der Waals surface area contributed by atoms with Crippen LogP contribution in [0.15, 0.2) is 24.3 Å². The summed E-state index contributed by atoms with van der Waals surface area (Å²) in [6.07, 6.45) is 5.26. The predicted molar refractivity (Wildman–Crippen MR) is 66.7 cm³/mol. The molecule has 4 heteroatoms. The second-order valence-corrected chi connectivity index (χ2v) is 4.57. The first-order valence-corrected chi connectivity index (χ1v) is 5.85. The molecule has 0 radical (unpaired) electrons. The van der Waals surface area contributed by atoms with Gasteiger partial charge in [0.2, 0.25) is 5.91 Å². The zero-order chi connectivity index (χ0) is 11.5. The third-order valence-electron chi connectivity index (χ3n) is 2.32. The van der Waals surface area contributed by atoms with Gasteiger partial charge in [-0.05, 0) is 31.1 Å². The van der Waals surface area contributed by atoms with Gasteiger partial charge in [0.15, 0.2) is 0 Å². The molecule has 0 unspecified atom stereocenters. The summed E-state index contributed by atoms with van der Waals surface area (Å²) in [6.45, 7) is 0. The number of carbonyl (C=O) groups is 1. The van der Waals surface area contributed by atoms with Crippen LogP contribution in [0.5, 0.6) is 0 Å². The van der Waals surface area contributed by atoms with Crippen LogP contribution in [-0.2, 0) is 4.79 Å². The maximum atomic E-state index is 11.4. The molecule has 1 aromatic rings. The summed E-state index contributed by atoms with van der Waals surface area (Å²) in [5.74, 6) is -0.0986. The highest BCUT2D eigenvalue weighted by molar-refractivity contribution is 6.37. The van der Waals surface area contributed by atoms with Gasteiger partial charge in [-0.25, -0.2) is 0 Å². The van der Waals surface area contributed by atoms with E-state index in [9.17, 15) is 4.79 Å². The molecule has 1 saturated carbocycles. The highest BCUT2D eigenvalue weighted by atomic mass is 35.5. The molecular weight excluding hydrogens is 245 g/mol. The van der Waals surface area contributed by atoms with Gasteiger partial charge < -0.3 is 5.32 Å². The van der Waals surface area contributed by atoms with Crippen LogP contribution >= 0.6 is 23.2 Å². The summed E-state index contributed by atoms with van der Waals surface area (Å²) in [4.78, 5) is 11.4. The van der Waals surface area contributed by atoms with Gasteiger partial charge in [0.25, 0.3) is 0 Å². The Kier molecular flexibility index (Phi) is 3.52. The SMILES string of the molecule is O=C(C=Cc1c(Cl)cccc1Cl)NC1CC1. The van der Waals surface area contributed by atoms with E-state index in [1.165, 1.54) is 6.08 Å². The van der Waals surface area contributed by atoms with Crippen molar-refractivity contribution >= 4 is 35.2 Å². The topological polar surface area (TPSA) is 29.1 Å². The Balaban J connectivity index is 2.06. The molecule has 0 aromatic heterocycles. The van der Waals surface area contributed by atoms with Crippen LogP contribution < -0.4 is 5.32 Å². The van der Waals surface area contributed by atoms with Gasteiger partial charge in [-0.2, -0.15) is 0 Å². The highest BCUT2D eigenvalue weighted by Gasteiger charge is 2.22. The van der Waals surface area contributed by atoms with Crippen molar-refractivity contribution in [2.24, 2.45) is 0 Å². The molecule has 2 nitrogen and oxygen atoms in total. The van der Waals surface area contributed by atoms with E-state index in [0.717, 1.165) is 12.8 Å². The van der Waals surface area contributed by atoms with Gasteiger partial charge in [0.1, 0.15) is 0 Å². The Bertz CT molecular complexity index is 418. The molecule has 16 heavy (non-hydrogen) atoms. The zero-order valence-corrected chi connectivity index (χ0v) is 10.1. The zero-order valence-electron chi connectivity index (χ0n) is 8.54. The first-order chi connectivity index (χ1) is 7.66. The molecular formula is C12H11Cl2NO. The van der Waals surface area contributed by atoms with E-state index >= 15 is 0 Å². The minimum atomic E-state index is -0.0986. The molecule has 0 spiro atoms. The molecule has 1 amide bonds. The summed E-state index contributed by atoms with van der Waals surface area (Å²) in [7, 11) is 0. The van der Waals surface area contributed by atoms with Crippen LogP contribution in [0.25, 0.3) is 6.08 Å². The fourth-order valence-corrected chi connectivity index (χ4v) is 1.83. The number of rotatable bonds is 3. The van der Waals surface area contributed by atoms with Crippen molar-refractivity contribution in [1.29, 1.82) is 0 Å². The van der Waals surface area contributed by atoms with Crippen LogP contribution in [0, 0.1) is 0 Å². The van der Waals surface area contributed by atoms with E-state index in [0.29, 0.717) is 21.7 Å². The number of amides is 1. The molecule has 2 rings (SSSR count). The first kappa shape index (κ1) is 11.5. The van der Waals surface area contributed by atoms with Crippen molar-refractivity contribution in [3.8, 4) is 0 Å². The van der Waals surface area contributed by atoms with Crippen molar-refractivity contribution in [2.75, 3.05) is 0 Å². The van der Waals surface area contributed by atoms with E-state index in [2.05, 4.69) is 5.32 Å². The molecule has 0 aliphatic heterocycles. The lowest BCUT2D eigenvalue weighted by Crippen LogP contribution is -2.22. The molecule has 1 aromatic carbocycles. The summed E-state index contributed by atoms with van der Waals surface area (Å²) in [6, 6.07) is 5.61. The largest absolute Gasteiger partial charge is 0.350 e. The molecule has 1 aliphatic carbocycles. The predicted octanol–water partition coefficient (Wildman–Crippen LogP) is 3.29. The third-order valence-corrected chi connectivity index (χ3v) is 2.98. The lowest BCUT2D eigenvalue weighted by molar-refractivity contribution is -0.116. The highest BCUT2D eigenvalue weighted by Crippen LogP contribution is 2.25. The maximum absolute atomic E-state index is 11.4. The van der Waals surface area contributed by atoms with Crippen molar-refractivity contribution in [2.45, 2.75) is 18.9 Å². The normalized spacial score (nSPS) is 15.4. The molecule has 0 saturated heterocycles. The molecule has 0 heterocycles. The number of halogens is 2. The van der Waals surface area contributed by atoms with Gasteiger partial charge in [-0.3, -0.25) is 4.79 Å². The van der Waals surface area contributed by atoms with Crippen LogP contribution in [0.3, 0.4) is 0 Å². The van der Waals surface area contributed by atoms with Crippen molar-refractivity contribution < 1.29 is 4.79 Å². The third kappa shape index (κ3) is 3.00. The Labute approximate surface area is 104 Å². The van der Waals surface area contributed by atoms with Crippen molar-refractivity contribution in [1.82, 2.24) is 5.32 Å². The Morgan fingerprint density at radius 1 is 1.31 bits per heavy atom. The molecule has 1 fully saturated rings. The van der Waals surface area contributed by atoms with Gasteiger partial charge in [-0.1, -0.05) is 29.3 Å². The number of hydrogen-bond acceptors (Lipinski definition) is 1. The Morgan fingerprint density at radius 2 is 1.94 bits per heavy atom. The van der Waals surface area contributed by atoms with Crippen LogP contribution in [0.1, 0.15) is 18.4 Å². The monoisotopic (exact) mass is 255 g/mol. The Hall–Kier alpha value is -0.990. The quantitative estimate of drug-likeness (QED) is 0.826. The minimum absolute atomic E-state index is 0.0986. The molecule has 0 atom stereocenters. The van der Waals surface area contributed by atoms with Crippen molar-refractivity contribution in [3.05, 3.63) is 39.9 Å². The van der Waals surface area contributed by atoms with E-state index in [1.807, 2.05) is 0 Å². The van der Waals surface area contributed by atoms with E-state index in [-0.39, 0.29) is 5.91 Å². The van der Waals surface area contributed by atoms with Crippen LogP contribution in [0.4, 0.5) is 0 Å². The smallest absolute Gasteiger partial charge is 0.244 e. The van der Waals surface area contributed by atoms with Gasteiger partial charge in [0.05, 0.1) is 0 Å². The second kappa shape index (κ2) is 4.89. The standard InChI is InChI=1S/C12H11Cl2NO/c13-10-2-1-3-11(14)9(10)6-7-12(16)15-8-4-5-8/h1-3,6-8H,4-5H2,(H,15,16). The molecule has 1 N–H and O–H groups in total. The minimum Gasteiger partial charge on any atom is -0.350 e. The van der Waals surface area contributed by atoms with Gasteiger partial charge in [-0.15, -0.1) is 0 Å². The second-order valence-electron chi connectivity index (χ2n) is 3.75. The number of benzene rings is 1. The summed E-state index contributed by atoms with van der Waals surface area (Å²) in [5, 5.41) is 3.94. The lowest BCUT2D eigenvalue weighted by Gasteiger charge is -2.01. The maximum Gasteiger partial charge on any atom is 0.244 e. The Morgan fingerprint density at radius 3 is 2.50 bits per heavy atom. The number of hydrogen-bond donors (Lipinski definition) is 1. The van der Waals surface area contributed by atoms with Crippen molar-refractivity contribution in [3.63, 3.8) is 0 Å². The van der Waals surface area contributed by atoms with Gasteiger partial charge in [0, 0.05) is 27.7 Å². The van der Waals surface area contributed by atoms with Gasteiger partial charge >= 0.3 is 0 Å². The molecule has 0 bridgehead atoms. The lowest BCUT2D eigenvalue weighted by atomic mass is 10.2. The summed E-state index contributed by atoms with van der Waals surface area (Å²) < 4.78 is 0. The average molecular weight is 256 g/mol. The summed E-state index contributed by atoms with van der Waals surface area (Å²) >= 11 is 11.9. The summed E-state index contributed by atoms with van der Waals surface area (Å²) in [5.41, 5.74) is 0.678. The van der Waals surface area contributed by atoms with E-state index in [4.69, 9.17) is 23.2 Å². The van der Waals surface area contributed by atoms with Crippen LogP contribution in [0.2, 0.25) is 10.0 Å². The number of nitrogens with one attached hydrogen (secondary N) is 1. The van der Waals surface area contributed by atoms with E-state index < -0.39 is 0 Å². The molecule has 84 valence electrons. The van der Waals surface area contributed by atoms with E-state index in [1.54, 1.807) is 24.3 Å². The fraction of sp³-hybridized carbons (Fsp3) is 0.250. The fourth-order valence-electron chi connectivity index (χ4n) is 1.31. The number of carbonyl (C=O) groups excluding carboxylic acids is 1. The molecule has 1 aliphatic rings. The average Bonchev–Trinajstić information content (AvgIpc) is 3.01.